The first-order valence-electron chi connectivity index (χ1n) is 8.37. The first-order valence-corrected chi connectivity index (χ1v) is 9.16. The summed E-state index contributed by atoms with van der Waals surface area (Å²) in [5.41, 5.74) is 2.25. The van der Waals surface area contributed by atoms with Gasteiger partial charge in [-0.05, 0) is 31.5 Å². The van der Waals surface area contributed by atoms with Crippen LogP contribution in [0.25, 0.3) is 0 Å². The Balaban J connectivity index is 1.73. The number of nitrogens with zero attached hydrogens (tertiary/aromatic N) is 2. The maximum Gasteiger partial charge on any atom is 0.325 e. The van der Waals surface area contributed by atoms with Crippen LogP contribution in [0.5, 0.6) is 5.75 Å². The number of urea groups is 1. The number of carbonyl (C=O) groups is 1. The smallest absolute Gasteiger partial charge is 0.325 e. The first kappa shape index (κ1) is 19.1. The van der Waals surface area contributed by atoms with Crippen molar-refractivity contribution in [3.8, 4) is 5.75 Å². The molecule has 0 aliphatic carbocycles. The van der Waals surface area contributed by atoms with Crippen LogP contribution in [0.1, 0.15) is 11.3 Å². The number of hydrogen-bond acceptors (Lipinski definition) is 6. The van der Waals surface area contributed by atoms with E-state index in [0.717, 1.165) is 22.3 Å². The number of anilines is 2. The molecule has 1 saturated heterocycles. The molecular weight excluding hydrogens is 414 g/mol. The summed E-state index contributed by atoms with van der Waals surface area (Å²) in [6, 6.07) is 3.17. The highest BCUT2D eigenvalue weighted by Crippen LogP contribution is 2.32. The van der Waals surface area contributed by atoms with E-state index in [4.69, 9.17) is 9.47 Å². The molecule has 2 heterocycles. The van der Waals surface area contributed by atoms with Gasteiger partial charge in [0.25, 0.3) is 0 Å². The summed E-state index contributed by atoms with van der Waals surface area (Å²) in [7, 11) is 0. The van der Waals surface area contributed by atoms with Crippen LogP contribution in [0.4, 0.5) is 16.3 Å². The van der Waals surface area contributed by atoms with E-state index in [1.807, 2.05) is 19.9 Å². The molecule has 8 nitrogen and oxygen atoms in total. The molecule has 0 spiro atoms. The quantitative estimate of drug-likeness (QED) is 0.639. The number of rotatable bonds is 4. The van der Waals surface area contributed by atoms with E-state index in [2.05, 4.69) is 41.8 Å². The van der Waals surface area contributed by atoms with E-state index in [1.54, 1.807) is 18.5 Å². The van der Waals surface area contributed by atoms with Crippen molar-refractivity contribution >= 4 is 33.5 Å². The van der Waals surface area contributed by atoms with Crippen LogP contribution >= 0.6 is 15.9 Å². The zero-order valence-electron chi connectivity index (χ0n) is 15.0. The van der Waals surface area contributed by atoms with Gasteiger partial charge in [0, 0.05) is 11.0 Å². The van der Waals surface area contributed by atoms with E-state index in [0.29, 0.717) is 36.2 Å². The van der Waals surface area contributed by atoms with E-state index in [-0.39, 0.29) is 0 Å². The molecule has 0 radical (unpaired) electrons. The molecule has 2 aromatic rings. The lowest BCUT2D eigenvalue weighted by Crippen LogP contribution is -2.29. The van der Waals surface area contributed by atoms with E-state index < -0.39 is 6.03 Å². The number of amides is 2. The molecule has 1 aliphatic heterocycles. The first-order chi connectivity index (χ1) is 13.0. The monoisotopic (exact) mass is 433 g/mol. The van der Waals surface area contributed by atoms with Crippen molar-refractivity contribution in [3.05, 3.63) is 52.3 Å². The minimum absolute atomic E-state index is 0.357. The predicted molar refractivity (Wildman–Crippen MR) is 106 cm³/mol. The van der Waals surface area contributed by atoms with Gasteiger partial charge in [-0.1, -0.05) is 15.9 Å². The Labute approximate surface area is 165 Å². The van der Waals surface area contributed by atoms with Gasteiger partial charge in [-0.2, -0.15) is 0 Å². The summed E-state index contributed by atoms with van der Waals surface area (Å²) in [6.45, 7) is 5.77. The normalized spacial score (nSPS) is 15.1. The van der Waals surface area contributed by atoms with Crippen LogP contribution in [-0.4, -0.2) is 35.7 Å². The predicted octanol–water partition coefficient (Wildman–Crippen LogP) is 3.34. The molecule has 0 unspecified atom stereocenters. The average Bonchev–Trinajstić information content (AvgIpc) is 2.66. The van der Waals surface area contributed by atoms with Crippen LogP contribution in [0, 0.1) is 13.8 Å². The van der Waals surface area contributed by atoms with Crippen molar-refractivity contribution in [3.63, 3.8) is 0 Å². The Morgan fingerprint density at radius 2 is 2.15 bits per heavy atom. The third-order valence-corrected chi connectivity index (χ3v) is 4.57. The van der Waals surface area contributed by atoms with Gasteiger partial charge in [-0.3, -0.25) is 10.3 Å². The molecule has 27 heavy (non-hydrogen) atoms. The van der Waals surface area contributed by atoms with E-state index >= 15 is 0 Å². The number of nitrogens with one attached hydrogen (secondary N) is 3. The third kappa shape index (κ3) is 5.41. The van der Waals surface area contributed by atoms with Gasteiger partial charge in [-0.25, -0.2) is 9.78 Å². The van der Waals surface area contributed by atoms with Crippen LogP contribution in [0.2, 0.25) is 0 Å². The van der Waals surface area contributed by atoms with Gasteiger partial charge in [0.05, 0.1) is 30.3 Å². The molecule has 142 valence electrons. The lowest BCUT2D eigenvalue weighted by Gasteiger charge is -2.18. The molecule has 3 rings (SSSR count). The summed E-state index contributed by atoms with van der Waals surface area (Å²) >= 11 is 3.47. The highest BCUT2D eigenvalue weighted by atomic mass is 79.9. The van der Waals surface area contributed by atoms with Gasteiger partial charge in [0.15, 0.2) is 11.6 Å². The van der Waals surface area contributed by atoms with Gasteiger partial charge < -0.3 is 20.1 Å². The SMILES string of the molecule is Cc1cnc(NC(=O)Nc2cc(Br)c(C)cc2O/C=C2/CNCCO2)cn1. The molecule has 1 aromatic carbocycles. The fraction of sp³-hybridized carbons (Fsp3) is 0.278. The molecule has 1 fully saturated rings. The number of ether oxygens (including phenoxy) is 2. The van der Waals surface area contributed by atoms with E-state index in [9.17, 15) is 4.79 Å². The molecule has 3 N–H and O–H groups in total. The fourth-order valence-electron chi connectivity index (χ4n) is 2.30. The number of hydrogen-bond donors (Lipinski definition) is 3. The Kier molecular flexibility index (Phi) is 6.25. The summed E-state index contributed by atoms with van der Waals surface area (Å²) in [6.07, 6.45) is 4.62. The van der Waals surface area contributed by atoms with Gasteiger partial charge in [0.2, 0.25) is 0 Å². The average molecular weight is 434 g/mol. The molecule has 2 amide bonds. The molecular formula is C18H20BrN5O3. The topological polar surface area (TPSA) is 97.4 Å². The molecule has 0 atom stereocenters. The van der Waals surface area contributed by atoms with Gasteiger partial charge in [-0.15, -0.1) is 0 Å². The molecule has 1 aromatic heterocycles. The van der Waals surface area contributed by atoms with Crippen LogP contribution < -0.4 is 20.7 Å². The summed E-state index contributed by atoms with van der Waals surface area (Å²) in [4.78, 5) is 20.5. The Bertz CT molecular complexity index is 847. The standard InChI is InChI=1S/C18H20BrN5O3/c1-11-5-16(27-10-13-8-20-3-4-26-13)15(6-14(11)19)23-18(25)24-17-9-21-12(2)7-22-17/h5-7,9-10,20H,3-4,8H2,1-2H3,(H2,22,23,24,25)/b13-10-. The van der Waals surface area contributed by atoms with E-state index in [1.165, 1.54) is 6.20 Å². The fourth-order valence-corrected chi connectivity index (χ4v) is 2.64. The van der Waals surface area contributed by atoms with Crippen LogP contribution in [0.3, 0.4) is 0 Å². The van der Waals surface area contributed by atoms with Crippen molar-refractivity contribution in [2.24, 2.45) is 0 Å². The van der Waals surface area contributed by atoms with Crippen LogP contribution in [0.15, 0.2) is 41.0 Å². The summed E-state index contributed by atoms with van der Waals surface area (Å²) < 4.78 is 12.1. The largest absolute Gasteiger partial charge is 0.492 e. The number of aromatic nitrogens is 2. The molecule has 0 saturated carbocycles. The minimum atomic E-state index is -0.447. The Hall–Kier alpha value is -2.65. The lowest BCUT2D eigenvalue weighted by molar-refractivity contribution is 0.168. The summed E-state index contributed by atoms with van der Waals surface area (Å²) in [5, 5.41) is 8.61. The van der Waals surface area contributed by atoms with Crippen LogP contribution in [-0.2, 0) is 4.74 Å². The van der Waals surface area contributed by atoms with Gasteiger partial charge in [0.1, 0.15) is 18.6 Å². The Morgan fingerprint density at radius 1 is 1.30 bits per heavy atom. The highest BCUT2D eigenvalue weighted by Gasteiger charge is 2.13. The lowest BCUT2D eigenvalue weighted by atomic mass is 10.2. The zero-order chi connectivity index (χ0) is 19.2. The maximum atomic E-state index is 12.3. The zero-order valence-corrected chi connectivity index (χ0v) is 16.6. The number of aryl methyl sites for hydroxylation is 2. The Morgan fingerprint density at radius 3 is 2.85 bits per heavy atom. The van der Waals surface area contributed by atoms with Crippen molar-refractivity contribution < 1.29 is 14.3 Å². The van der Waals surface area contributed by atoms with Crippen molar-refractivity contribution in [2.45, 2.75) is 13.8 Å². The highest BCUT2D eigenvalue weighted by molar-refractivity contribution is 9.10. The second kappa shape index (κ2) is 8.83. The number of carbonyl (C=O) groups excluding carboxylic acids is 1. The molecule has 1 aliphatic rings. The second-order valence-electron chi connectivity index (χ2n) is 5.95. The second-order valence-corrected chi connectivity index (χ2v) is 6.80. The minimum Gasteiger partial charge on any atom is -0.492 e. The summed E-state index contributed by atoms with van der Waals surface area (Å²) in [5.74, 6) is 1.56. The third-order valence-electron chi connectivity index (χ3n) is 3.71. The van der Waals surface area contributed by atoms with Crippen molar-refractivity contribution in [1.29, 1.82) is 0 Å². The number of halogens is 1. The maximum absolute atomic E-state index is 12.3. The van der Waals surface area contributed by atoms with Crippen molar-refractivity contribution in [2.75, 3.05) is 30.3 Å². The molecule has 0 bridgehead atoms. The number of morpholine rings is 1. The molecule has 9 heteroatoms. The number of benzene rings is 1. The van der Waals surface area contributed by atoms with Crippen molar-refractivity contribution in [1.82, 2.24) is 15.3 Å². The van der Waals surface area contributed by atoms with Gasteiger partial charge >= 0.3 is 6.03 Å².